The number of amides is 1. The van der Waals surface area contributed by atoms with Crippen molar-refractivity contribution in [2.24, 2.45) is 7.05 Å². The quantitative estimate of drug-likeness (QED) is 0.756. The summed E-state index contributed by atoms with van der Waals surface area (Å²) in [5.74, 6) is -0.121. The van der Waals surface area contributed by atoms with Gasteiger partial charge in [-0.25, -0.2) is 0 Å². The highest BCUT2D eigenvalue weighted by molar-refractivity contribution is 7.09. The number of aromatic nitrogens is 3. The van der Waals surface area contributed by atoms with Gasteiger partial charge >= 0.3 is 0 Å². The largest absolute Gasteiger partial charge is 0.350 e. The number of hydrogen-bond acceptors (Lipinski definition) is 3. The second-order valence-corrected chi connectivity index (χ2v) is 6.35. The summed E-state index contributed by atoms with van der Waals surface area (Å²) in [5, 5.41) is 9.43. The Bertz CT molecular complexity index is 785. The van der Waals surface area contributed by atoms with Crippen molar-refractivity contribution in [3.05, 3.63) is 52.5 Å². The maximum atomic E-state index is 12.3. The molecule has 6 heteroatoms. The summed E-state index contributed by atoms with van der Waals surface area (Å²) in [5.41, 5.74) is 2.48. The third kappa shape index (κ3) is 3.37. The Morgan fingerprint density at radius 2 is 2.17 bits per heavy atom. The van der Waals surface area contributed by atoms with Crippen LogP contribution in [0.15, 0.2) is 41.9 Å². The molecule has 3 aromatic heterocycles. The molecule has 3 rings (SSSR count). The van der Waals surface area contributed by atoms with E-state index in [2.05, 4.69) is 16.5 Å². The lowest BCUT2D eigenvalue weighted by Crippen LogP contribution is -2.26. The van der Waals surface area contributed by atoms with E-state index in [0.29, 0.717) is 12.2 Å². The van der Waals surface area contributed by atoms with Crippen LogP contribution in [0.4, 0.5) is 0 Å². The van der Waals surface area contributed by atoms with Crippen molar-refractivity contribution in [1.29, 1.82) is 0 Å². The average molecular weight is 328 g/mol. The minimum absolute atomic E-state index is 0.121. The highest BCUT2D eigenvalue weighted by atomic mass is 32.1. The Kier molecular flexibility index (Phi) is 4.62. The molecule has 0 saturated heterocycles. The van der Waals surface area contributed by atoms with Gasteiger partial charge in [-0.2, -0.15) is 5.10 Å². The zero-order valence-corrected chi connectivity index (χ0v) is 14.1. The molecule has 120 valence electrons. The molecule has 5 nitrogen and oxygen atoms in total. The van der Waals surface area contributed by atoms with Gasteiger partial charge in [-0.1, -0.05) is 6.07 Å². The highest BCUT2D eigenvalue weighted by Gasteiger charge is 2.16. The smallest absolute Gasteiger partial charge is 0.271 e. The molecule has 0 fully saturated rings. The second kappa shape index (κ2) is 6.83. The molecule has 0 aromatic carbocycles. The van der Waals surface area contributed by atoms with E-state index in [1.165, 1.54) is 4.88 Å². The van der Waals surface area contributed by atoms with E-state index in [-0.39, 0.29) is 5.91 Å². The molecule has 0 radical (unpaired) electrons. The van der Waals surface area contributed by atoms with E-state index in [0.717, 1.165) is 24.4 Å². The van der Waals surface area contributed by atoms with Crippen LogP contribution in [0, 0.1) is 0 Å². The van der Waals surface area contributed by atoms with Gasteiger partial charge in [0.05, 0.1) is 11.4 Å². The van der Waals surface area contributed by atoms with Crippen LogP contribution < -0.4 is 5.32 Å². The highest BCUT2D eigenvalue weighted by Crippen LogP contribution is 2.20. The molecule has 0 aliphatic carbocycles. The van der Waals surface area contributed by atoms with E-state index < -0.39 is 0 Å². The van der Waals surface area contributed by atoms with Crippen LogP contribution in [0.3, 0.4) is 0 Å². The number of hydrogen-bond donors (Lipinski definition) is 1. The first kappa shape index (κ1) is 15.6. The van der Waals surface area contributed by atoms with Crippen molar-refractivity contribution >= 4 is 17.2 Å². The van der Waals surface area contributed by atoms with Gasteiger partial charge in [0, 0.05) is 31.2 Å². The molecule has 3 heterocycles. The number of aryl methyl sites for hydroxylation is 2. The van der Waals surface area contributed by atoms with Crippen molar-refractivity contribution in [1.82, 2.24) is 19.7 Å². The van der Waals surface area contributed by atoms with Crippen LogP contribution >= 0.6 is 11.3 Å². The number of carbonyl (C=O) groups is 1. The molecule has 1 amide bonds. The molecule has 0 bridgehead atoms. The zero-order chi connectivity index (χ0) is 16.2. The van der Waals surface area contributed by atoms with Crippen LogP contribution in [-0.2, 0) is 20.0 Å². The van der Waals surface area contributed by atoms with Crippen molar-refractivity contribution in [3.63, 3.8) is 0 Å². The van der Waals surface area contributed by atoms with Gasteiger partial charge in [0.25, 0.3) is 5.91 Å². The Labute approximate surface area is 139 Å². The number of thiophene rings is 1. The fourth-order valence-corrected chi connectivity index (χ4v) is 3.26. The summed E-state index contributed by atoms with van der Waals surface area (Å²) in [6, 6.07) is 9.98. The van der Waals surface area contributed by atoms with Gasteiger partial charge in [0.1, 0.15) is 0 Å². The maximum Gasteiger partial charge on any atom is 0.271 e. The topological polar surface area (TPSA) is 51.9 Å². The molecule has 0 saturated carbocycles. The minimum atomic E-state index is -0.121. The molecule has 0 atom stereocenters. The molecule has 3 aromatic rings. The third-order valence-corrected chi connectivity index (χ3v) is 4.69. The molecule has 1 N–H and O–H groups in total. The van der Waals surface area contributed by atoms with E-state index in [4.69, 9.17) is 0 Å². The van der Waals surface area contributed by atoms with Gasteiger partial charge < -0.3 is 9.88 Å². The lowest BCUT2D eigenvalue weighted by atomic mass is 10.2. The van der Waals surface area contributed by atoms with Gasteiger partial charge in [0.15, 0.2) is 5.69 Å². The van der Waals surface area contributed by atoms with E-state index in [1.807, 2.05) is 59.1 Å². The summed E-state index contributed by atoms with van der Waals surface area (Å²) in [4.78, 5) is 13.6. The first-order chi connectivity index (χ1) is 11.2. The van der Waals surface area contributed by atoms with Crippen LogP contribution in [0.25, 0.3) is 11.4 Å². The van der Waals surface area contributed by atoms with Crippen LogP contribution in [0.1, 0.15) is 22.3 Å². The molecular formula is C17H20N4OS. The van der Waals surface area contributed by atoms with Gasteiger partial charge in [0.2, 0.25) is 0 Å². The standard InChI is InChI=1S/C17H20N4OS/c1-3-21-16(15-7-4-10-20(15)2)12-14(19-21)17(22)18-9-8-13-6-5-11-23-13/h4-7,10-12H,3,8-9H2,1-2H3,(H,18,22). The van der Waals surface area contributed by atoms with E-state index in [1.54, 1.807) is 11.3 Å². The molecule has 0 spiro atoms. The fraction of sp³-hybridized carbons (Fsp3) is 0.294. The van der Waals surface area contributed by atoms with E-state index in [9.17, 15) is 4.79 Å². The van der Waals surface area contributed by atoms with Crippen molar-refractivity contribution in [2.45, 2.75) is 19.9 Å². The Morgan fingerprint density at radius 3 is 2.83 bits per heavy atom. The summed E-state index contributed by atoms with van der Waals surface area (Å²) < 4.78 is 3.89. The predicted molar refractivity (Wildman–Crippen MR) is 92.7 cm³/mol. The summed E-state index contributed by atoms with van der Waals surface area (Å²) >= 11 is 1.71. The molecule has 0 aliphatic rings. The fourth-order valence-electron chi connectivity index (χ4n) is 2.55. The lowest BCUT2D eigenvalue weighted by molar-refractivity contribution is 0.0948. The minimum Gasteiger partial charge on any atom is -0.350 e. The maximum absolute atomic E-state index is 12.3. The summed E-state index contributed by atoms with van der Waals surface area (Å²) in [6.45, 7) is 3.37. The average Bonchev–Trinajstić information content (AvgIpc) is 3.26. The lowest BCUT2D eigenvalue weighted by Gasteiger charge is -2.05. The number of nitrogens with zero attached hydrogens (tertiary/aromatic N) is 3. The Morgan fingerprint density at radius 1 is 1.30 bits per heavy atom. The first-order valence-corrected chi connectivity index (χ1v) is 8.57. The second-order valence-electron chi connectivity index (χ2n) is 5.32. The summed E-state index contributed by atoms with van der Waals surface area (Å²) in [7, 11) is 1.99. The monoisotopic (exact) mass is 328 g/mol. The predicted octanol–water partition coefficient (Wildman–Crippen LogP) is 2.94. The molecule has 23 heavy (non-hydrogen) atoms. The number of rotatable bonds is 6. The van der Waals surface area contributed by atoms with E-state index >= 15 is 0 Å². The van der Waals surface area contributed by atoms with Crippen molar-refractivity contribution < 1.29 is 4.79 Å². The van der Waals surface area contributed by atoms with Crippen molar-refractivity contribution in [3.8, 4) is 11.4 Å². The van der Waals surface area contributed by atoms with Gasteiger partial charge in [-0.3, -0.25) is 9.48 Å². The molecule has 0 unspecified atom stereocenters. The molecule has 0 aliphatic heterocycles. The zero-order valence-electron chi connectivity index (χ0n) is 13.3. The van der Waals surface area contributed by atoms with Gasteiger partial charge in [-0.15, -0.1) is 11.3 Å². The third-order valence-electron chi connectivity index (χ3n) is 3.76. The first-order valence-electron chi connectivity index (χ1n) is 7.69. The van der Waals surface area contributed by atoms with Gasteiger partial charge in [-0.05, 0) is 43.0 Å². The molecular weight excluding hydrogens is 308 g/mol. The normalized spacial score (nSPS) is 10.9. The van der Waals surface area contributed by atoms with Crippen molar-refractivity contribution in [2.75, 3.05) is 6.54 Å². The van der Waals surface area contributed by atoms with Crippen LogP contribution in [0.2, 0.25) is 0 Å². The SMILES string of the molecule is CCn1nc(C(=O)NCCc2cccs2)cc1-c1cccn1C. The van der Waals surface area contributed by atoms with Crippen LogP contribution in [-0.4, -0.2) is 26.8 Å². The Hall–Kier alpha value is -2.34. The Balaban J connectivity index is 1.71. The number of carbonyl (C=O) groups excluding carboxylic acids is 1. The summed E-state index contributed by atoms with van der Waals surface area (Å²) in [6.07, 6.45) is 2.84. The number of nitrogens with one attached hydrogen (secondary N) is 1. The van der Waals surface area contributed by atoms with Crippen LogP contribution in [0.5, 0.6) is 0 Å².